The highest BCUT2D eigenvalue weighted by Crippen LogP contribution is 2.46. The maximum absolute atomic E-state index is 14.3. The van der Waals surface area contributed by atoms with E-state index in [-0.39, 0.29) is 5.91 Å². The van der Waals surface area contributed by atoms with Gasteiger partial charge in [0.05, 0.1) is 19.7 Å². The molecule has 0 bridgehead atoms. The number of methoxy groups -OCH3 is 1. The first-order valence-corrected chi connectivity index (χ1v) is 12.4. The largest absolute Gasteiger partial charge is 0.497 e. The summed E-state index contributed by atoms with van der Waals surface area (Å²) in [6, 6.07) is 40.1. The molecule has 1 heterocycles. The van der Waals surface area contributed by atoms with E-state index in [9.17, 15) is 10.1 Å². The lowest BCUT2D eigenvalue weighted by molar-refractivity contribution is -0.133. The Bertz CT molecular complexity index is 1420. The van der Waals surface area contributed by atoms with E-state index < -0.39 is 11.3 Å². The molecule has 0 spiro atoms. The van der Waals surface area contributed by atoms with Crippen LogP contribution in [-0.4, -0.2) is 17.9 Å². The van der Waals surface area contributed by atoms with Crippen molar-refractivity contribution in [1.82, 2.24) is 4.90 Å². The normalized spacial score (nSPS) is 19.1. The molecule has 0 N–H and O–H groups in total. The molecule has 0 saturated heterocycles. The smallest absolute Gasteiger partial charge is 0.245 e. The molecule has 4 nitrogen and oxygen atoms in total. The number of amides is 1. The predicted octanol–water partition coefficient (Wildman–Crippen LogP) is 6.40. The highest BCUT2D eigenvalue weighted by Gasteiger charge is 2.49. The average molecular weight is 485 g/mol. The van der Waals surface area contributed by atoms with Gasteiger partial charge in [0.1, 0.15) is 11.7 Å². The lowest BCUT2D eigenvalue weighted by Crippen LogP contribution is -2.50. The molecule has 37 heavy (non-hydrogen) atoms. The summed E-state index contributed by atoms with van der Waals surface area (Å²) in [6.07, 6.45) is 2.68. The van der Waals surface area contributed by atoms with Crippen molar-refractivity contribution in [3.63, 3.8) is 0 Å². The van der Waals surface area contributed by atoms with Crippen molar-refractivity contribution in [2.75, 3.05) is 7.11 Å². The quantitative estimate of drug-likeness (QED) is 0.305. The van der Waals surface area contributed by atoms with E-state index in [2.05, 4.69) is 24.3 Å². The van der Waals surface area contributed by atoms with E-state index in [0.29, 0.717) is 13.0 Å². The molecule has 4 aromatic rings. The van der Waals surface area contributed by atoms with Crippen molar-refractivity contribution in [1.29, 1.82) is 5.26 Å². The van der Waals surface area contributed by atoms with E-state index >= 15 is 0 Å². The zero-order valence-electron chi connectivity index (χ0n) is 20.7. The summed E-state index contributed by atoms with van der Waals surface area (Å²) < 4.78 is 5.38. The number of carbonyl (C=O) groups excluding carboxylic acids is 1. The third-order valence-corrected chi connectivity index (χ3v) is 7.06. The number of hydrogen-bond donors (Lipinski definition) is 0. The average Bonchev–Trinajstić information content (AvgIpc) is 2.96. The minimum absolute atomic E-state index is 0.195. The van der Waals surface area contributed by atoms with Crippen LogP contribution >= 0.6 is 0 Å². The summed E-state index contributed by atoms with van der Waals surface area (Å²) in [5, 5.41) is 10.5. The Morgan fingerprint density at radius 1 is 0.811 bits per heavy atom. The second kappa shape index (κ2) is 10.6. The molecule has 0 aromatic heterocycles. The highest BCUT2D eigenvalue weighted by atomic mass is 16.5. The van der Waals surface area contributed by atoms with E-state index in [1.54, 1.807) is 12.0 Å². The third kappa shape index (κ3) is 4.77. The number of nitrogens with zero attached hydrogens (tertiary/aromatic N) is 2. The van der Waals surface area contributed by atoms with Crippen LogP contribution in [0.25, 0.3) is 5.70 Å². The first-order chi connectivity index (χ1) is 18.1. The molecule has 0 aliphatic carbocycles. The molecule has 0 radical (unpaired) electrons. The Hall–Kier alpha value is -4.62. The van der Waals surface area contributed by atoms with E-state index in [0.717, 1.165) is 33.7 Å². The van der Waals surface area contributed by atoms with E-state index in [1.807, 2.05) is 103 Å². The summed E-state index contributed by atoms with van der Waals surface area (Å²) in [6.45, 7) is 0.381. The monoisotopic (exact) mass is 484 g/mol. The maximum Gasteiger partial charge on any atom is 0.245 e. The topological polar surface area (TPSA) is 53.3 Å². The van der Waals surface area contributed by atoms with Crippen molar-refractivity contribution in [3.8, 4) is 11.8 Å². The number of carbonyl (C=O) groups is 1. The predicted molar refractivity (Wildman–Crippen MR) is 145 cm³/mol. The summed E-state index contributed by atoms with van der Waals surface area (Å²) >= 11 is 0. The molecular formula is C33H28N2O2. The number of benzene rings is 4. The van der Waals surface area contributed by atoms with Gasteiger partial charge in [0, 0.05) is 11.1 Å². The van der Waals surface area contributed by atoms with Gasteiger partial charge in [-0.15, -0.1) is 0 Å². The number of hydrogen-bond acceptors (Lipinski definition) is 3. The van der Waals surface area contributed by atoms with Crippen LogP contribution in [0.15, 0.2) is 121 Å². The molecule has 2 atom stereocenters. The van der Waals surface area contributed by atoms with Crippen LogP contribution in [0.2, 0.25) is 0 Å². The summed E-state index contributed by atoms with van der Waals surface area (Å²) in [5.74, 6) is -0.338. The molecule has 0 fully saturated rings. The minimum Gasteiger partial charge on any atom is -0.497 e. The Labute approximate surface area is 218 Å². The molecule has 4 aromatic carbocycles. The second-order valence-corrected chi connectivity index (χ2v) is 9.30. The van der Waals surface area contributed by atoms with Crippen LogP contribution < -0.4 is 4.74 Å². The fourth-order valence-electron chi connectivity index (χ4n) is 5.19. The Morgan fingerprint density at radius 3 is 1.95 bits per heavy atom. The van der Waals surface area contributed by atoms with Crippen LogP contribution in [0.3, 0.4) is 0 Å². The fourth-order valence-corrected chi connectivity index (χ4v) is 5.19. The third-order valence-electron chi connectivity index (χ3n) is 7.06. The van der Waals surface area contributed by atoms with Crippen LogP contribution in [0.4, 0.5) is 0 Å². The summed E-state index contributed by atoms with van der Waals surface area (Å²) in [5.41, 5.74) is 3.88. The van der Waals surface area contributed by atoms with Gasteiger partial charge >= 0.3 is 0 Å². The van der Waals surface area contributed by atoms with E-state index in [1.165, 1.54) is 0 Å². The number of nitriles is 1. The SMILES string of the molecule is COc1ccc(C2=CC(Cc3ccccc3)(c3ccccc3)C(C#N)C(=O)N2Cc2ccccc2)cc1. The standard InChI is InChI=1S/C33H28N2O2/c1-37-29-19-17-27(18-20-29)31-22-33(28-15-9-4-10-16-28,21-25-11-5-2-6-12-25)30(23-34)32(36)35(31)24-26-13-7-3-8-14-26/h2-20,22,30H,21,24H2,1H3. The molecular weight excluding hydrogens is 456 g/mol. The lowest BCUT2D eigenvalue weighted by atomic mass is 9.64. The van der Waals surface area contributed by atoms with Gasteiger partial charge in [-0.3, -0.25) is 4.79 Å². The van der Waals surface area contributed by atoms with Crippen molar-refractivity contribution in [3.05, 3.63) is 144 Å². The van der Waals surface area contributed by atoms with Crippen molar-refractivity contribution in [2.45, 2.75) is 18.4 Å². The molecule has 1 amide bonds. The van der Waals surface area contributed by atoms with Gasteiger partial charge in [-0.05, 0) is 59.0 Å². The molecule has 0 saturated carbocycles. The van der Waals surface area contributed by atoms with Gasteiger partial charge in [0.25, 0.3) is 0 Å². The van der Waals surface area contributed by atoms with Crippen molar-refractivity contribution < 1.29 is 9.53 Å². The van der Waals surface area contributed by atoms with Gasteiger partial charge < -0.3 is 9.64 Å². The van der Waals surface area contributed by atoms with Crippen molar-refractivity contribution >= 4 is 11.6 Å². The number of ether oxygens (including phenoxy) is 1. The Morgan fingerprint density at radius 2 is 1.38 bits per heavy atom. The van der Waals surface area contributed by atoms with Crippen LogP contribution in [0.1, 0.15) is 22.3 Å². The van der Waals surface area contributed by atoms with Crippen LogP contribution in [0.5, 0.6) is 5.75 Å². The minimum atomic E-state index is -0.888. The van der Waals surface area contributed by atoms with Crippen LogP contribution in [-0.2, 0) is 23.2 Å². The highest BCUT2D eigenvalue weighted by molar-refractivity contribution is 5.95. The fraction of sp³-hybridized carbons (Fsp3) is 0.152. The molecule has 5 rings (SSSR count). The first kappa shape index (κ1) is 24.1. The molecule has 4 heteroatoms. The number of allylic oxidation sites excluding steroid dienone is 1. The summed E-state index contributed by atoms with van der Waals surface area (Å²) in [7, 11) is 1.64. The van der Waals surface area contributed by atoms with Gasteiger partial charge in [0.2, 0.25) is 5.91 Å². The molecule has 1 aliphatic heterocycles. The van der Waals surface area contributed by atoms with Gasteiger partial charge in [-0.2, -0.15) is 5.26 Å². The zero-order chi connectivity index (χ0) is 25.7. The van der Waals surface area contributed by atoms with Crippen molar-refractivity contribution in [2.24, 2.45) is 5.92 Å². The lowest BCUT2D eigenvalue weighted by Gasteiger charge is -2.43. The van der Waals surface area contributed by atoms with E-state index in [4.69, 9.17) is 4.74 Å². The Balaban J connectivity index is 1.74. The Kier molecular flexibility index (Phi) is 6.87. The summed E-state index contributed by atoms with van der Waals surface area (Å²) in [4.78, 5) is 16.0. The maximum atomic E-state index is 14.3. The zero-order valence-corrected chi connectivity index (χ0v) is 20.7. The molecule has 2 unspecified atom stereocenters. The van der Waals surface area contributed by atoms with Gasteiger partial charge in [0.15, 0.2) is 0 Å². The molecule has 182 valence electrons. The van der Waals surface area contributed by atoms with Gasteiger partial charge in [-0.25, -0.2) is 0 Å². The van der Waals surface area contributed by atoms with Gasteiger partial charge in [-0.1, -0.05) is 91.0 Å². The molecule has 1 aliphatic rings. The van der Waals surface area contributed by atoms with Crippen LogP contribution in [0, 0.1) is 17.2 Å². The number of rotatable bonds is 7. The second-order valence-electron chi connectivity index (χ2n) is 9.30. The first-order valence-electron chi connectivity index (χ1n) is 12.4.